The van der Waals surface area contributed by atoms with Crippen molar-refractivity contribution in [2.45, 2.75) is 84.0 Å². The molecule has 0 unspecified atom stereocenters. The third-order valence-electron chi connectivity index (χ3n) is 7.16. The van der Waals surface area contributed by atoms with Gasteiger partial charge < -0.3 is 10.6 Å². The molecule has 1 saturated heterocycles. The number of rotatable bonds is 6. The molecule has 27 heavy (non-hydrogen) atoms. The van der Waals surface area contributed by atoms with Crippen LogP contribution in [0, 0.1) is 11.8 Å². The Kier molecular flexibility index (Phi) is 6.79. The fraction of sp³-hybridized carbons (Fsp3) is 0.905. The molecule has 5 atom stereocenters. The Hall–Kier alpha value is -1.14. The Morgan fingerprint density at radius 2 is 1.33 bits per heavy atom. The molecule has 0 radical (unpaired) electrons. The predicted molar refractivity (Wildman–Crippen MR) is 107 cm³/mol. The summed E-state index contributed by atoms with van der Waals surface area (Å²) in [5.41, 5.74) is 0. The number of piperazine rings is 1. The van der Waals surface area contributed by atoms with Gasteiger partial charge in [0.1, 0.15) is 0 Å². The molecule has 2 saturated carbocycles. The van der Waals surface area contributed by atoms with Gasteiger partial charge in [-0.2, -0.15) is 0 Å². The minimum absolute atomic E-state index is 0.0820. The molecular formula is C21H38N4O2. The number of carbonyl (C=O) groups is 2. The van der Waals surface area contributed by atoms with Crippen LogP contribution in [0.1, 0.15) is 59.8 Å². The van der Waals surface area contributed by atoms with E-state index >= 15 is 0 Å². The van der Waals surface area contributed by atoms with Crippen molar-refractivity contribution in [2.24, 2.45) is 11.8 Å². The predicted octanol–water partition coefficient (Wildman–Crippen LogP) is 1.60. The summed E-state index contributed by atoms with van der Waals surface area (Å²) in [5.74, 6) is 1.55. The first kappa shape index (κ1) is 20.6. The number of hydrogen-bond donors (Lipinski definition) is 2. The molecule has 6 nitrogen and oxygen atoms in total. The van der Waals surface area contributed by atoms with E-state index in [1.54, 1.807) is 0 Å². The van der Waals surface area contributed by atoms with Crippen LogP contribution in [-0.2, 0) is 9.59 Å². The second-order valence-electron chi connectivity index (χ2n) is 9.09. The van der Waals surface area contributed by atoms with Crippen LogP contribution in [0.2, 0.25) is 0 Å². The highest BCUT2D eigenvalue weighted by Gasteiger charge is 2.34. The number of hydrogen-bond acceptors (Lipinski definition) is 4. The lowest BCUT2D eigenvalue weighted by molar-refractivity contribution is -0.130. The zero-order chi connectivity index (χ0) is 19.6. The second-order valence-corrected chi connectivity index (χ2v) is 9.09. The molecule has 3 fully saturated rings. The van der Waals surface area contributed by atoms with Gasteiger partial charge in [0.25, 0.3) is 0 Å². The van der Waals surface area contributed by atoms with E-state index in [0.29, 0.717) is 23.9 Å². The Balaban J connectivity index is 1.44. The molecule has 0 aromatic carbocycles. The van der Waals surface area contributed by atoms with Gasteiger partial charge in [0.2, 0.25) is 11.8 Å². The van der Waals surface area contributed by atoms with Crippen molar-refractivity contribution >= 4 is 11.8 Å². The monoisotopic (exact) mass is 378 g/mol. The van der Waals surface area contributed by atoms with E-state index in [1.807, 2.05) is 13.8 Å². The molecule has 2 N–H and O–H groups in total. The van der Waals surface area contributed by atoms with E-state index in [0.717, 1.165) is 45.4 Å². The van der Waals surface area contributed by atoms with Crippen molar-refractivity contribution in [3.8, 4) is 0 Å². The summed E-state index contributed by atoms with van der Waals surface area (Å²) in [6.45, 7) is 11.9. The van der Waals surface area contributed by atoms with Gasteiger partial charge in [0.15, 0.2) is 0 Å². The van der Waals surface area contributed by atoms with Crippen molar-refractivity contribution in [3.05, 3.63) is 0 Å². The molecule has 1 heterocycles. The highest BCUT2D eigenvalue weighted by Crippen LogP contribution is 2.29. The van der Waals surface area contributed by atoms with Gasteiger partial charge in [0.05, 0.1) is 12.1 Å². The molecule has 6 heteroatoms. The molecule has 0 aromatic rings. The van der Waals surface area contributed by atoms with Crippen molar-refractivity contribution in [2.75, 3.05) is 26.2 Å². The fourth-order valence-electron chi connectivity index (χ4n) is 4.48. The number of nitrogens with zero attached hydrogens (tertiary/aromatic N) is 2. The molecule has 2 aliphatic carbocycles. The largest absolute Gasteiger partial charge is 0.352 e. The van der Waals surface area contributed by atoms with Crippen LogP contribution < -0.4 is 10.6 Å². The van der Waals surface area contributed by atoms with Crippen molar-refractivity contribution in [1.29, 1.82) is 0 Å². The maximum atomic E-state index is 12.8. The van der Waals surface area contributed by atoms with Gasteiger partial charge in [-0.3, -0.25) is 19.4 Å². The van der Waals surface area contributed by atoms with Crippen molar-refractivity contribution in [3.63, 3.8) is 0 Å². The SMILES string of the molecule is C[C@@H]1[C@H](C)CCC[C@@H]1NC(=O)[C@H](C)N1CCN([C@H](C)C(=O)NC2CC2)CC1. The van der Waals surface area contributed by atoms with Gasteiger partial charge in [-0.15, -0.1) is 0 Å². The van der Waals surface area contributed by atoms with E-state index in [9.17, 15) is 9.59 Å². The molecular weight excluding hydrogens is 340 g/mol. The number of amides is 2. The first-order chi connectivity index (χ1) is 12.9. The van der Waals surface area contributed by atoms with Crippen LogP contribution >= 0.6 is 0 Å². The maximum absolute atomic E-state index is 12.8. The summed E-state index contributed by atoms with van der Waals surface area (Å²) in [7, 11) is 0. The summed E-state index contributed by atoms with van der Waals surface area (Å²) in [6, 6.07) is 0.541. The molecule has 3 aliphatic rings. The number of nitrogens with one attached hydrogen (secondary N) is 2. The second kappa shape index (κ2) is 8.91. The van der Waals surface area contributed by atoms with Crippen LogP contribution in [0.4, 0.5) is 0 Å². The third kappa shape index (κ3) is 5.23. The zero-order valence-electron chi connectivity index (χ0n) is 17.5. The topological polar surface area (TPSA) is 64.7 Å². The summed E-state index contributed by atoms with van der Waals surface area (Å²) in [6.07, 6.45) is 5.84. The van der Waals surface area contributed by atoms with Gasteiger partial charge in [-0.25, -0.2) is 0 Å². The van der Waals surface area contributed by atoms with Crippen LogP contribution in [0.5, 0.6) is 0 Å². The van der Waals surface area contributed by atoms with Gasteiger partial charge >= 0.3 is 0 Å². The van der Waals surface area contributed by atoms with E-state index < -0.39 is 0 Å². The third-order valence-corrected chi connectivity index (χ3v) is 7.16. The minimum atomic E-state index is -0.104. The van der Waals surface area contributed by atoms with Crippen LogP contribution in [0.25, 0.3) is 0 Å². The molecule has 154 valence electrons. The first-order valence-corrected chi connectivity index (χ1v) is 11.0. The van der Waals surface area contributed by atoms with Gasteiger partial charge in [-0.1, -0.05) is 26.7 Å². The molecule has 0 aromatic heterocycles. The number of carbonyl (C=O) groups excluding carboxylic acids is 2. The van der Waals surface area contributed by atoms with Crippen LogP contribution in [-0.4, -0.2) is 72.0 Å². The fourth-order valence-corrected chi connectivity index (χ4v) is 4.48. The van der Waals surface area contributed by atoms with Crippen LogP contribution in [0.3, 0.4) is 0 Å². The van der Waals surface area contributed by atoms with Crippen LogP contribution in [0.15, 0.2) is 0 Å². The lowest BCUT2D eigenvalue weighted by atomic mass is 9.78. The molecule has 3 rings (SSSR count). The molecule has 2 amide bonds. The average Bonchev–Trinajstić information content (AvgIpc) is 3.48. The average molecular weight is 379 g/mol. The van der Waals surface area contributed by atoms with Gasteiger partial charge in [-0.05, 0) is 44.9 Å². The minimum Gasteiger partial charge on any atom is -0.352 e. The van der Waals surface area contributed by atoms with Crippen molar-refractivity contribution < 1.29 is 9.59 Å². The normalized spacial score (nSPS) is 32.5. The quantitative estimate of drug-likeness (QED) is 0.737. The Bertz CT molecular complexity index is 528. The maximum Gasteiger partial charge on any atom is 0.237 e. The highest BCUT2D eigenvalue weighted by atomic mass is 16.2. The molecule has 0 bridgehead atoms. The Labute approximate surface area is 164 Å². The highest BCUT2D eigenvalue weighted by molar-refractivity contribution is 5.82. The molecule has 1 aliphatic heterocycles. The van der Waals surface area contributed by atoms with Gasteiger partial charge in [0, 0.05) is 38.3 Å². The first-order valence-electron chi connectivity index (χ1n) is 11.0. The van der Waals surface area contributed by atoms with Crippen molar-refractivity contribution in [1.82, 2.24) is 20.4 Å². The summed E-state index contributed by atoms with van der Waals surface area (Å²) in [5, 5.41) is 6.42. The van der Waals surface area contributed by atoms with E-state index in [1.165, 1.54) is 12.8 Å². The van der Waals surface area contributed by atoms with E-state index in [-0.39, 0.29) is 23.9 Å². The lowest BCUT2D eigenvalue weighted by Crippen LogP contribution is -2.58. The standard InChI is InChI=1S/C21H38N4O2/c1-14-6-5-7-19(15(14)2)23-21(27)17(4)25-12-10-24(11-13-25)16(3)20(26)22-18-8-9-18/h14-19H,5-13H2,1-4H3,(H,22,26)(H,23,27)/t14-,15-,16-,17+,19+/m1/s1. The summed E-state index contributed by atoms with van der Waals surface area (Å²) in [4.78, 5) is 29.5. The molecule has 0 spiro atoms. The zero-order valence-corrected chi connectivity index (χ0v) is 17.5. The Morgan fingerprint density at radius 1 is 0.815 bits per heavy atom. The van der Waals surface area contributed by atoms with E-state index in [2.05, 4.69) is 34.3 Å². The summed E-state index contributed by atoms with van der Waals surface area (Å²) >= 11 is 0. The smallest absolute Gasteiger partial charge is 0.237 e. The lowest BCUT2D eigenvalue weighted by Gasteiger charge is -2.40. The Morgan fingerprint density at radius 3 is 1.85 bits per heavy atom. The summed E-state index contributed by atoms with van der Waals surface area (Å²) < 4.78 is 0. The van der Waals surface area contributed by atoms with E-state index in [4.69, 9.17) is 0 Å².